The molecule has 1 saturated heterocycles. The van der Waals surface area contributed by atoms with Gasteiger partial charge in [0.25, 0.3) is 11.8 Å². The number of nitrogens with zero attached hydrogens (tertiary/aromatic N) is 1. The number of thiocarbonyl (C=S) groups is 1. The van der Waals surface area contributed by atoms with Gasteiger partial charge in [0.2, 0.25) is 0 Å². The highest BCUT2D eigenvalue weighted by atomic mass is 32.1. The normalized spacial score (nSPS) is 15.0. The number of rotatable bonds is 6. The molecule has 0 spiro atoms. The Balaban J connectivity index is 1.62. The zero-order valence-corrected chi connectivity index (χ0v) is 18.7. The van der Waals surface area contributed by atoms with Crippen LogP contribution < -0.4 is 15.0 Å². The Morgan fingerprint density at radius 3 is 2.33 bits per heavy atom. The molecule has 5 nitrogen and oxygen atoms in total. The van der Waals surface area contributed by atoms with Gasteiger partial charge in [-0.2, -0.15) is 0 Å². The number of nitrogens with one attached hydrogen (secondary N) is 1. The van der Waals surface area contributed by atoms with Crippen molar-refractivity contribution < 1.29 is 18.7 Å². The maximum Gasteiger partial charge on any atom is 0.270 e. The summed E-state index contributed by atoms with van der Waals surface area (Å²) in [4.78, 5) is 27.2. The Kier molecular flexibility index (Phi) is 6.60. The minimum atomic E-state index is -0.570. The number of carbonyl (C=O) groups excluding carboxylic acids is 2. The smallest absolute Gasteiger partial charge is 0.270 e. The summed E-state index contributed by atoms with van der Waals surface area (Å²) in [7, 11) is 0. The van der Waals surface area contributed by atoms with E-state index in [1.165, 1.54) is 23.1 Å². The maximum absolute atomic E-state index is 13.3. The molecule has 1 aliphatic heterocycles. The van der Waals surface area contributed by atoms with E-state index in [1.54, 1.807) is 48.5 Å². The van der Waals surface area contributed by atoms with Crippen molar-refractivity contribution in [2.75, 3.05) is 4.90 Å². The first-order valence-corrected chi connectivity index (χ1v) is 10.8. The Hall–Kier alpha value is -3.84. The second kappa shape index (κ2) is 9.75. The minimum absolute atomic E-state index is 0.0345. The van der Waals surface area contributed by atoms with Gasteiger partial charge in [0.1, 0.15) is 23.7 Å². The number of hydrogen-bond acceptors (Lipinski definition) is 4. The monoisotopic (exact) mass is 460 g/mol. The lowest BCUT2D eigenvalue weighted by molar-refractivity contribution is -0.122. The first kappa shape index (κ1) is 22.4. The predicted molar refractivity (Wildman–Crippen MR) is 129 cm³/mol. The molecule has 7 heteroatoms. The highest BCUT2D eigenvalue weighted by Gasteiger charge is 2.34. The first-order valence-electron chi connectivity index (χ1n) is 10.4. The highest BCUT2D eigenvalue weighted by molar-refractivity contribution is 7.80. The van der Waals surface area contributed by atoms with Gasteiger partial charge < -0.3 is 4.74 Å². The van der Waals surface area contributed by atoms with E-state index in [9.17, 15) is 14.0 Å². The van der Waals surface area contributed by atoms with Gasteiger partial charge in [0, 0.05) is 5.56 Å². The van der Waals surface area contributed by atoms with E-state index < -0.39 is 11.8 Å². The van der Waals surface area contributed by atoms with E-state index >= 15 is 0 Å². The lowest BCUT2D eigenvalue weighted by Gasteiger charge is -2.29. The molecule has 0 unspecified atom stereocenters. The van der Waals surface area contributed by atoms with Crippen molar-refractivity contribution in [1.29, 1.82) is 0 Å². The molecule has 1 N–H and O–H groups in total. The maximum atomic E-state index is 13.3. The summed E-state index contributed by atoms with van der Waals surface area (Å²) in [6.07, 6.45) is 2.36. The van der Waals surface area contributed by atoms with Crippen molar-refractivity contribution in [2.45, 2.75) is 20.0 Å². The van der Waals surface area contributed by atoms with Crippen LogP contribution in [0.15, 0.2) is 78.4 Å². The molecule has 166 valence electrons. The SMILES string of the molecule is CCc1ccc(N2C(=O)C(=Cc3ccccc3OCc3ccc(F)cc3)C(=O)NC2=S)cc1. The molecule has 3 aromatic rings. The molecule has 0 radical (unpaired) electrons. The molecule has 0 saturated carbocycles. The average Bonchev–Trinajstić information content (AvgIpc) is 2.82. The Bertz CT molecular complexity index is 1240. The van der Waals surface area contributed by atoms with E-state index in [4.69, 9.17) is 17.0 Å². The van der Waals surface area contributed by atoms with Crippen molar-refractivity contribution in [1.82, 2.24) is 5.32 Å². The van der Waals surface area contributed by atoms with Crippen molar-refractivity contribution in [3.8, 4) is 5.75 Å². The molecule has 1 aliphatic rings. The fourth-order valence-corrected chi connectivity index (χ4v) is 3.68. The second-order valence-corrected chi connectivity index (χ2v) is 7.82. The summed E-state index contributed by atoms with van der Waals surface area (Å²) >= 11 is 5.27. The Morgan fingerprint density at radius 1 is 0.970 bits per heavy atom. The first-order chi connectivity index (χ1) is 16.0. The van der Waals surface area contributed by atoms with Gasteiger partial charge >= 0.3 is 0 Å². The second-order valence-electron chi connectivity index (χ2n) is 7.43. The van der Waals surface area contributed by atoms with E-state index in [1.807, 2.05) is 19.1 Å². The number of hydrogen-bond donors (Lipinski definition) is 1. The van der Waals surface area contributed by atoms with Crippen molar-refractivity contribution >= 4 is 40.9 Å². The van der Waals surface area contributed by atoms with Crippen molar-refractivity contribution in [3.05, 3.63) is 101 Å². The zero-order chi connectivity index (χ0) is 23.4. The number of anilines is 1. The van der Waals surface area contributed by atoms with Crippen LogP contribution in [0.2, 0.25) is 0 Å². The lowest BCUT2D eigenvalue weighted by Crippen LogP contribution is -2.54. The van der Waals surface area contributed by atoms with Crippen LogP contribution >= 0.6 is 12.2 Å². The molecule has 0 aromatic heterocycles. The van der Waals surface area contributed by atoms with Gasteiger partial charge in [0.15, 0.2) is 5.11 Å². The van der Waals surface area contributed by atoms with Crippen LogP contribution in [0.25, 0.3) is 6.08 Å². The summed E-state index contributed by atoms with van der Waals surface area (Å²) in [5.74, 6) is -0.916. The molecule has 2 amide bonds. The number of benzene rings is 3. The fourth-order valence-electron chi connectivity index (χ4n) is 3.40. The molecule has 0 atom stereocenters. The van der Waals surface area contributed by atoms with Gasteiger partial charge in [-0.15, -0.1) is 0 Å². The van der Waals surface area contributed by atoms with Crippen LogP contribution in [0.4, 0.5) is 10.1 Å². The molecule has 4 rings (SSSR count). The number of amides is 2. The topological polar surface area (TPSA) is 58.6 Å². The van der Waals surface area contributed by atoms with Crippen molar-refractivity contribution in [3.63, 3.8) is 0 Å². The summed E-state index contributed by atoms with van der Waals surface area (Å²) in [6, 6.07) is 20.5. The molecule has 1 fully saturated rings. The zero-order valence-electron chi connectivity index (χ0n) is 17.9. The van der Waals surface area contributed by atoms with Gasteiger partial charge in [-0.25, -0.2) is 4.39 Å². The minimum Gasteiger partial charge on any atom is -0.488 e. The van der Waals surface area contributed by atoms with E-state index in [-0.39, 0.29) is 23.1 Å². The highest BCUT2D eigenvalue weighted by Crippen LogP contribution is 2.26. The lowest BCUT2D eigenvalue weighted by atomic mass is 10.1. The van der Waals surface area contributed by atoms with Gasteiger partial charge in [-0.1, -0.05) is 49.4 Å². The summed E-state index contributed by atoms with van der Waals surface area (Å²) in [5, 5.41) is 2.63. The third-order valence-electron chi connectivity index (χ3n) is 5.23. The summed E-state index contributed by atoms with van der Waals surface area (Å²) < 4.78 is 19.0. The quantitative estimate of drug-likeness (QED) is 0.326. The number of para-hydroxylation sites is 1. The van der Waals surface area contributed by atoms with Crippen LogP contribution in [0.1, 0.15) is 23.6 Å². The molecule has 3 aromatic carbocycles. The number of ether oxygens (including phenoxy) is 1. The molecular formula is C26H21FN2O3S. The fraction of sp³-hybridized carbons (Fsp3) is 0.115. The molecular weight excluding hydrogens is 439 g/mol. The molecule has 0 aliphatic carbocycles. The molecule has 0 bridgehead atoms. The van der Waals surface area contributed by atoms with Crippen LogP contribution in [0.5, 0.6) is 5.75 Å². The number of halogens is 1. The third-order valence-corrected chi connectivity index (χ3v) is 5.52. The van der Waals surface area contributed by atoms with Crippen LogP contribution in [-0.4, -0.2) is 16.9 Å². The average molecular weight is 461 g/mol. The van der Waals surface area contributed by atoms with Crippen molar-refractivity contribution in [2.24, 2.45) is 0 Å². The summed E-state index contributed by atoms with van der Waals surface area (Å²) in [6.45, 7) is 2.25. The third kappa shape index (κ3) is 4.99. The van der Waals surface area contributed by atoms with Gasteiger partial charge in [-0.05, 0) is 66.2 Å². The van der Waals surface area contributed by atoms with Gasteiger partial charge in [0.05, 0.1) is 5.69 Å². The van der Waals surface area contributed by atoms with E-state index in [2.05, 4.69) is 5.32 Å². The van der Waals surface area contributed by atoms with E-state index in [0.717, 1.165) is 17.5 Å². The van der Waals surface area contributed by atoms with Crippen LogP contribution in [-0.2, 0) is 22.6 Å². The van der Waals surface area contributed by atoms with Crippen LogP contribution in [0.3, 0.4) is 0 Å². The molecule has 33 heavy (non-hydrogen) atoms. The Morgan fingerprint density at radius 2 is 1.64 bits per heavy atom. The standard InChI is InChI=1S/C26H21FN2O3S/c1-2-17-9-13-21(14-10-17)29-25(31)22(24(30)28-26(29)33)15-19-5-3-4-6-23(19)32-16-18-7-11-20(27)12-8-18/h3-15H,2,16H2,1H3,(H,28,30,33). The van der Waals surface area contributed by atoms with Crippen LogP contribution in [0, 0.1) is 5.82 Å². The van der Waals surface area contributed by atoms with Gasteiger partial charge in [-0.3, -0.25) is 19.8 Å². The Labute approximate surface area is 196 Å². The van der Waals surface area contributed by atoms with E-state index in [0.29, 0.717) is 17.0 Å². The number of aryl methyl sites for hydroxylation is 1. The molecule has 1 heterocycles. The number of carbonyl (C=O) groups is 2. The predicted octanol–water partition coefficient (Wildman–Crippen LogP) is 4.80. The largest absolute Gasteiger partial charge is 0.488 e. The summed E-state index contributed by atoms with van der Waals surface area (Å²) in [5.41, 5.74) is 3.00.